The number of hydrogen-bond donors (Lipinski definition) is 1. The summed E-state index contributed by atoms with van der Waals surface area (Å²) in [5, 5.41) is 0. The van der Waals surface area contributed by atoms with Crippen molar-refractivity contribution in [2.24, 2.45) is 11.1 Å². The molecule has 0 aliphatic rings. The van der Waals surface area contributed by atoms with Crippen molar-refractivity contribution in [1.29, 1.82) is 0 Å². The average molecular weight is 370 g/mol. The Morgan fingerprint density at radius 3 is 2.53 bits per heavy atom. The lowest BCUT2D eigenvalue weighted by atomic mass is 9.81. The first-order chi connectivity index (χ1) is 7.39. The van der Waals surface area contributed by atoms with E-state index in [0.717, 1.165) is 9.13 Å². The van der Waals surface area contributed by atoms with Crippen LogP contribution in [0.5, 0.6) is 0 Å². The highest BCUT2D eigenvalue weighted by molar-refractivity contribution is 14.1. The zero-order chi connectivity index (χ0) is 12.3. The molecule has 0 aliphatic carbocycles. The normalized spacial score (nSPS) is 12.5. The predicted molar refractivity (Wildman–Crippen MR) is 79.1 cm³/mol. The topological polar surface area (TPSA) is 52.3 Å². The number of benzene rings is 1. The summed E-state index contributed by atoms with van der Waals surface area (Å²) in [5.74, 6) is -0.293. The van der Waals surface area contributed by atoms with Crippen LogP contribution in [0.3, 0.4) is 0 Å². The van der Waals surface area contributed by atoms with Crippen molar-refractivity contribution in [2.75, 3.05) is 7.11 Å². The molecule has 0 unspecified atom stereocenters. The number of ether oxygens (including phenoxy) is 1. The van der Waals surface area contributed by atoms with Gasteiger partial charge in [0.15, 0.2) is 0 Å². The van der Waals surface area contributed by atoms with Crippen LogP contribution in [-0.2, 0) is 9.53 Å². The van der Waals surface area contributed by atoms with Gasteiger partial charge in [-0.1, -0.05) is 12.1 Å². The van der Waals surface area contributed by atoms with Crippen LogP contribution < -0.4 is 5.73 Å². The summed E-state index contributed by atoms with van der Waals surface area (Å²) in [4.78, 5) is 11.6. The highest BCUT2D eigenvalue weighted by Gasteiger charge is 2.36. The second-order valence-corrected chi connectivity index (χ2v) is 5.49. The fourth-order valence-corrected chi connectivity index (χ4v) is 2.07. The van der Waals surface area contributed by atoms with Gasteiger partial charge in [0, 0.05) is 9.61 Å². The molecule has 0 aromatic heterocycles. The summed E-state index contributed by atoms with van der Waals surface area (Å²) in [6.07, 6.45) is 0. The van der Waals surface area contributed by atoms with Gasteiger partial charge in [-0.15, -0.1) is 12.4 Å². The van der Waals surface area contributed by atoms with E-state index in [0.29, 0.717) is 0 Å². The van der Waals surface area contributed by atoms with E-state index in [1.54, 1.807) is 13.8 Å². The highest BCUT2D eigenvalue weighted by atomic mass is 127. The predicted octanol–water partition coefficient (Wildman–Crippen LogP) is 2.91. The van der Waals surface area contributed by atoms with Crippen LogP contribution in [0, 0.1) is 8.99 Å². The van der Waals surface area contributed by atoms with Gasteiger partial charge in [-0.2, -0.15) is 0 Å². The lowest BCUT2D eigenvalue weighted by molar-refractivity contribution is -0.152. The maximum atomic E-state index is 11.6. The molecule has 0 radical (unpaired) electrons. The minimum Gasteiger partial charge on any atom is -0.469 e. The van der Waals surface area contributed by atoms with Gasteiger partial charge in [-0.25, -0.2) is 0 Å². The summed E-state index contributed by atoms with van der Waals surface area (Å²) in [5.41, 5.74) is 6.34. The molecule has 2 N–H and O–H groups in total. The number of rotatable bonds is 3. The Morgan fingerprint density at radius 1 is 1.47 bits per heavy atom. The van der Waals surface area contributed by atoms with E-state index in [2.05, 4.69) is 22.6 Å². The third-order valence-electron chi connectivity index (χ3n) is 2.70. The molecule has 0 fully saturated rings. The highest BCUT2D eigenvalue weighted by Crippen LogP contribution is 2.32. The Labute approximate surface area is 122 Å². The zero-order valence-electron chi connectivity index (χ0n) is 10.1. The van der Waals surface area contributed by atoms with Gasteiger partial charge < -0.3 is 10.5 Å². The standard InChI is InChI=1S/C12H16INO2.ClH/c1-12(2,11(15)16-3)10(14)8-5-4-6-9(13)7-8;/h4-7,10H,14H2,1-3H3;1H/t10-;/m0./s1. The molecule has 1 aromatic carbocycles. The molecule has 1 aromatic rings. The van der Waals surface area contributed by atoms with Crippen LogP contribution in [0.4, 0.5) is 0 Å². The Hall–Kier alpha value is -0.330. The quantitative estimate of drug-likeness (QED) is 0.658. The largest absolute Gasteiger partial charge is 0.469 e. The van der Waals surface area contributed by atoms with E-state index in [1.165, 1.54) is 7.11 Å². The SMILES string of the molecule is COC(=O)C(C)(C)[C@@H](N)c1cccc(I)c1.Cl. The third-order valence-corrected chi connectivity index (χ3v) is 3.37. The van der Waals surface area contributed by atoms with Crippen LogP contribution in [0.1, 0.15) is 25.5 Å². The smallest absolute Gasteiger partial charge is 0.313 e. The van der Waals surface area contributed by atoms with Gasteiger partial charge in [-0.05, 0) is 54.1 Å². The second kappa shape index (κ2) is 6.56. The third kappa shape index (κ3) is 3.82. The van der Waals surface area contributed by atoms with Crippen molar-refractivity contribution >= 4 is 41.0 Å². The van der Waals surface area contributed by atoms with Crippen LogP contribution in [0.15, 0.2) is 24.3 Å². The number of carbonyl (C=O) groups is 1. The lowest BCUT2D eigenvalue weighted by Crippen LogP contribution is -2.37. The minimum atomic E-state index is -0.723. The fourth-order valence-electron chi connectivity index (χ4n) is 1.51. The van der Waals surface area contributed by atoms with Gasteiger partial charge in [-0.3, -0.25) is 4.79 Å². The molecule has 0 saturated carbocycles. The molecule has 1 atom stereocenters. The maximum Gasteiger partial charge on any atom is 0.313 e. The first-order valence-electron chi connectivity index (χ1n) is 4.99. The number of carbonyl (C=O) groups excluding carboxylic acids is 1. The Balaban J connectivity index is 0.00000256. The summed E-state index contributed by atoms with van der Waals surface area (Å²) in [6.45, 7) is 3.59. The first-order valence-corrected chi connectivity index (χ1v) is 6.07. The summed E-state index contributed by atoms with van der Waals surface area (Å²) < 4.78 is 5.87. The van der Waals surface area contributed by atoms with Crippen molar-refractivity contribution in [3.05, 3.63) is 33.4 Å². The molecule has 0 spiro atoms. The van der Waals surface area contributed by atoms with Crippen molar-refractivity contribution < 1.29 is 9.53 Å². The molecule has 0 amide bonds. The van der Waals surface area contributed by atoms with E-state index < -0.39 is 5.41 Å². The second-order valence-electron chi connectivity index (χ2n) is 4.25. The maximum absolute atomic E-state index is 11.6. The van der Waals surface area contributed by atoms with Gasteiger partial charge in [0.25, 0.3) is 0 Å². The molecule has 3 nitrogen and oxygen atoms in total. The molecule has 0 bridgehead atoms. The summed E-state index contributed by atoms with van der Waals surface area (Å²) in [7, 11) is 1.38. The monoisotopic (exact) mass is 369 g/mol. The van der Waals surface area contributed by atoms with Crippen molar-refractivity contribution in [3.8, 4) is 0 Å². The molecule has 0 saturated heterocycles. The number of hydrogen-bond acceptors (Lipinski definition) is 3. The molecular weight excluding hydrogens is 352 g/mol. The molecular formula is C12H17ClINO2. The molecule has 5 heteroatoms. The molecule has 0 heterocycles. The molecule has 96 valence electrons. The van der Waals surface area contributed by atoms with Crippen LogP contribution >= 0.6 is 35.0 Å². The van der Waals surface area contributed by atoms with Gasteiger partial charge >= 0.3 is 5.97 Å². The average Bonchev–Trinajstić information content (AvgIpc) is 2.26. The Bertz CT molecular complexity index is 396. The van der Waals surface area contributed by atoms with Crippen molar-refractivity contribution in [3.63, 3.8) is 0 Å². The molecule has 17 heavy (non-hydrogen) atoms. The Kier molecular flexibility index (Phi) is 6.43. The van der Waals surface area contributed by atoms with Gasteiger partial charge in [0.05, 0.1) is 12.5 Å². The van der Waals surface area contributed by atoms with Crippen molar-refractivity contribution in [2.45, 2.75) is 19.9 Å². The lowest BCUT2D eigenvalue weighted by Gasteiger charge is -2.29. The van der Waals surface area contributed by atoms with Crippen LogP contribution in [-0.4, -0.2) is 13.1 Å². The molecule has 1 rings (SSSR count). The Morgan fingerprint density at radius 2 is 2.06 bits per heavy atom. The number of esters is 1. The van der Waals surface area contributed by atoms with Crippen LogP contribution in [0.25, 0.3) is 0 Å². The van der Waals surface area contributed by atoms with E-state index in [9.17, 15) is 4.79 Å². The van der Waals surface area contributed by atoms with Crippen LogP contribution in [0.2, 0.25) is 0 Å². The van der Waals surface area contributed by atoms with Gasteiger partial charge in [0.2, 0.25) is 0 Å². The van der Waals surface area contributed by atoms with E-state index in [-0.39, 0.29) is 24.4 Å². The van der Waals surface area contributed by atoms with E-state index in [1.807, 2.05) is 24.3 Å². The first kappa shape index (κ1) is 16.7. The van der Waals surface area contributed by atoms with Gasteiger partial charge in [0.1, 0.15) is 0 Å². The van der Waals surface area contributed by atoms with E-state index >= 15 is 0 Å². The number of methoxy groups -OCH3 is 1. The molecule has 0 aliphatic heterocycles. The van der Waals surface area contributed by atoms with E-state index in [4.69, 9.17) is 10.5 Å². The number of nitrogens with two attached hydrogens (primary N) is 1. The van der Waals surface area contributed by atoms with Crippen molar-refractivity contribution in [1.82, 2.24) is 0 Å². The fraction of sp³-hybridized carbons (Fsp3) is 0.417. The minimum absolute atomic E-state index is 0. The zero-order valence-corrected chi connectivity index (χ0v) is 13.0. The number of halogens is 2. The summed E-state index contributed by atoms with van der Waals surface area (Å²) in [6, 6.07) is 7.47. The summed E-state index contributed by atoms with van der Waals surface area (Å²) >= 11 is 2.22.